The van der Waals surface area contributed by atoms with E-state index in [1.165, 1.54) is 16.5 Å². The molecule has 0 spiro atoms. The lowest BCUT2D eigenvalue weighted by Crippen LogP contribution is -2.42. The molecule has 0 unspecified atom stereocenters. The van der Waals surface area contributed by atoms with Gasteiger partial charge in [-0.15, -0.1) is 18.3 Å². The third kappa shape index (κ3) is 6.33. The van der Waals surface area contributed by atoms with Gasteiger partial charge >= 0.3 is 6.36 Å². The van der Waals surface area contributed by atoms with Crippen LogP contribution in [0.5, 0.6) is 5.75 Å². The van der Waals surface area contributed by atoms with Gasteiger partial charge in [-0.3, -0.25) is 9.48 Å². The van der Waals surface area contributed by atoms with E-state index in [0.29, 0.717) is 12.5 Å². The van der Waals surface area contributed by atoms with E-state index in [2.05, 4.69) is 48.0 Å². The van der Waals surface area contributed by atoms with Crippen molar-refractivity contribution in [1.82, 2.24) is 35.8 Å². The number of halogens is 4. The van der Waals surface area contributed by atoms with Gasteiger partial charge in [-0.1, -0.05) is 16.9 Å². The monoisotopic (exact) mass is 531 g/mol. The zero-order valence-corrected chi connectivity index (χ0v) is 20.3. The fourth-order valence-electron chi connectivity index (χ4n) is 4.36. The molecular formula is C25H25F4N7O2. The van der Waals surface area contributed by atoms with Gasteiger partial charge in [-0.2, -0.15) is 10.2 Å². The van der Waals surface area contributed by atoms with Gasteiger partial charge in [-0.05, 0) is 49.1 Å². The number of unbranched alkanes of at least 4 members (excludes halogenated alkanes) is 1. The van der Waals surface area contributed by atoms with Gasteiger partial charge in [0.2, 0.25) is 0 Å². The molecule has 2 N–H and O–H groups in total. The van der Waals surface area contributed by atoms with Gasteiger partial charge in [0.1, 0.15) is 11.6 Å². The average molecular weight is 532 g/mol. The van der Waals surface area contributed by atoms with E-state index in [1.807, 2.05) is 0 Å². The summed E-state index contributed by atoms with van der Waals surface area (Å²) in [6, 6.07) is 4.69. The molecule has 0 bridgehead atoms. The van der Waals surface area contributed by atoms with E-state index in [0.717, 1.165) is 73.9 Å². The summed E-state index contributed by atoms with van der Waals surface area (Å²) in [7, 11) is 0. The minimum absolute atomic E-state index is 0.0156. The van der Waals surface area contributed by atoms with Crippen molar-refractivity contribution < 1.29 is 27.1 Å². The molecule has 0 atom stereocenters. The number of alkyl halides is 3. The topological polar surface area (TPSA) is 107 Å². The highest BCUT2D eigenvalue weighted by molar-refractivity contribution is 5.91. The normalized spacial score (nSPS) is 15.1. The molecular weight excluding hydrogens is 506 g/mol. The molecule has 0 saturated carbocycles. The first-order chi connectivity index (χ1) is 18.2. The molecule has 38 heavy (non-hydrogen) atoms. The van der Waals surface area contributed by atoms with Crippen molar-refractivity contribution in [3.8, 4) is 5.75 Å². The highest BCUT2D eigenvalue weighted by Crippen LogP contribution is 2.30. The van der Waals surface area contributed by atoms with Crippen molar-refractivity contribution in [2.45, 2.75) is 45.1 Å². The number of carbonyl (C=O) groups is 1. The van der Waals surface area contributed by atoms with Crippen molar-refractivity contribution in [3.63, 3.8) is 0 Å². The number of fused-ring (bicyclic) bond motifs is 1. The Morgan fingerprint density at radius 2 is 2.00 bits per heavy atom. The summed E-state index contributed by atoms with van der Waals surface area (Å²) in [5, 5.41) is 22.3. The maximum absolute atomic E-state index is 14.0. The van der Waals surface area contributed by atoms with Crippen LogP contribution in [0.4, 0.5) is 17.6 Å². The van der Waals surface area contributed by atoms with Crippen LogP contribution in [-0.2, 0) is 25.9 Å². The number of ether oxygens (including phenoxy) is 1. The number of hydrogen-bond acceptors (Lipinski definition) is 7. The van der Waals surface area contributed by atoms with Crippen LogP contribution in [0.3, 0.4) is 0 Å². The first-order valence-electron chi connectivity index (χ1n) is 12.2. The lowest BCUT2D eigenvalue weighted by atomic mass is 9.93. The van der Waals surface area contributed by atoms with Crippen molar-refractivity contribution in [2.75, 3.05) is 13.1 Å². The third-order valence-electron chi connectivity index (χ3n) is 6.50. The van der Waals surface area contributed by atoms with E-state index >= 15 is 0 Å². The van der Waals surface area contributed by atoms with Gasteiger partial charge in [0, 0.05) is 44.1 Å². The Balaban J connectivity index is 1.07. The molecule has 9 nitrogen and oxygen atoms in total. The van der Waals surface area contributed by atoms with E-state index < -0.39 is 23.8 Å². The number of amides is 1. The van der Waals surface area contributed by atoms with Crippen molar-refractivity contribution in [3.05, 3.63) is 70.1 Å². The largest absolute Gasteiger partial charge is 0.573 e. The summed E-state index contributed by atoms with van der Waals surface area (Å²) in [6.07, 6.45) is 2.06. The fraction of sp³-hybridized carbons (Fsp3) is 0.400. The number of nitrogens with zero attached hydrogens (tertiary/aromatic N) is 5. The minimum Gasteiger partial charge on any atom is -0.406 e. The zero-order valence-electron chi connectivity index (χ0n) is 20.3. The number of benzene rings is 1. The lowest BCUT2D eigenvalue weighted by molar-refractivity contribution is -0.274. The molecule has 3 heterocycles. The second kappa shape index (κ2) is 10.9. The summed E-state index contributed by atoms with van der Waals surface area (Å²) in [4.78, 5) is 12.4. The lowest BCUT2D eigenvalue weighted by Gasteiger charge is -2.28. The Bertz CT molecular complexity index is 1350. The summed E-state index contributed by atoms with van der Waals surface area (Å²) >= 11 is 0. The van der Waals surface area contributed by atoms with Gasteiger partial charge in [0.05, 0.1) is 17.6 Å². The number of aromatic nitrogens is 5. The average Bonchev–Trinajstić information content (AvgIpc) is 3.46. The first kappa shape index (κ1) is 25.8. The Kier molecular flexibility index (Phi) is 7.36. The van der Waals surface area contributed by atoms with Crippen LogP contribution in [0.25, 0.3) is 6.08 Å². The molecule has 1 aliphatic carbocycles. The fourth-order valence-corrected chi connectivity index (χ4v) is 4.36. The van der Waals surface area contributed by atoms with E-state index in [-0.39, 0.29) is 17.8 Å². The van der Waals surface area contributed by atoms with Gasteiger partial charge in [-0.25, -0.2) is 4.39 Å². The molecule has 2 aliphatic rings. The predicted octanol–water partition coefficient (Wildman–Crippen LogP) is 3.22. The van der Waals surface area contributed by atoms with Crippen molar-refractivity contribution in [2.24, 2.45) is 5.92 Å². The molecule has 1 saturated heterocycles. The maximum Gasteiger partial charge on any atom is 0.573 e. The molecule has 13 heteroatoms. The van der Waals surface area contributed by atoms with Gasteiger partial charge in [0.25, 0.3) is 5.91 Å². The van der Waals surface area contributed by atoms with Gasteiger partial charge < -0.3 is 15.4 Å². The first-order valence-corrected chi connectivity index (χ1v) is 12.2. The highest BCUT2D eigenvalue weighted by Gasteiger charge is 2.31. The Hall–Kier alpha value is -3.87. The number of nitrogens with one attached hydrogen (secondary N) is 2. The van der Waals surface area contributed by atoms with E-state index in [4.69, 9.17) is 0 Å². The molecule has 200 valence electrons. The van der Waals surface area contributed by atoms with Crippen LogP contribution in [0, 0.1) is 11.7 Å². The number of carbonyl (C=O) groups excluding carboxylic acids is 1. The second-order valence-corrected chi connectivity index (χ2v) is 9.30. The molecule has 3 aromatic rings. The summed E-state index contributed by atoms with van der Waals surface area (Å²) in [6.45, 7) is 2.24. The molecule has 1 amide bonds. The SMILES string of the molecule is O=C(NCc1cc(OC(F)(F)F)ccc1F)c1cn(CCCCc2cc3c(nn2)CC(C2CNC2)=C3)nn1. The Morgan fingerprint density at radius 3 is 2.76 bits per heavy atom. The van der Waals surface area contributed by atoms with Crippen LogP contribution in [0.2, 0.25) is 0 Å². The van der Waals surface area contributed by atoms with Gasteiger partial charge in [0.15, 0.2) is 5.69 Å². The van der Waals surface area contributed by atoms with Crippen LogP contribution in [0.15, 0.2) is 36.0 Å². The summed E-state index contributed by atoms with van der Waals surface area (Å²) < 4.78 is 56.5. The highest BCUT2D eigenvalue weighted by atomic mass is 19.4. The number of hydrogen-bond donors (Lipinski definition) is 2. The number of aryl methyl sites for hydroxylation is 2. The molecule has 5 rings (SSSR count). The van der Waals surface area contributed by atoms with Crippen molar-refractivity contribution in [1.29, 1.82) is 0 Å². The number of rotatable bonds is 10. The quantitative estimate of drug-likeness (QED) is 0.306. The van der Waals surface area contributed by atoms with Crippen LogP contribution in [0.1, 0.15) is 45.8 Å². The third-order valence-corrected chi connectivity index (χ3v) is 6.50. The summed E-state index contributed by atoms with van der Waals surface area (Å²) in [5.41, 5.74) is 4.40. The summed E-state index contributed by atoms with van der Waals surface area (Å²) in [5.74, 6) is -1.38. The zero-order chi connectivity index (χ0) is 26.7. The predicted molar refractivity (Wildman–Crippen MR) is 127 cm³/mol. The Morgan fingerprint density at radius 1 is 1.16 bits per heavy atom. The van der Waals surface area contributed by atoms with E-state index in [1.54, 1.807) is 0 Å². The molecule has 0 radical (unpaired) electrons. The Labute approximate surface area is 215 Å². The molecule has 1 aliphatic heterocycles. The van der Waals surface area contributed by atoms with Crippen molar-refractivity contribution >= 4 is 12.0 Å². The van der Waals surface area contributed by atoms with Crippen LogP contribution >= 0.6 is 0 Å². The van der Waals surface area contributed by atoms with E-state index in [9.17, 15) is 22.4 Å². The molecule has 1 aromatic carbocycles. The maximum atomic E-state index is 14.0. The minimum atomic E-state index is -4.90. The standard InChI is InChI=1S/C25H25F4N7O2/c26-21-5-4-20(38-25(27,28)29)9-17(21)13-31-24(37)23-14-36(35-34-23)6-2-1-3-19-8-16-7-15(18-11-30-12-18)10-22(16)33-32-19/h4-5,7-9,14,18,30H,1-3,6,10-13H2,(H,31,37). The van der Waals surface area contributed by atoms with Crippen LogP contribution < -0.4 is 15.4 Å². The molecule has 1 fully saturated rings. The van der Waals surface area contributed by atoms with Crippen LogP contribution in [-0.4, -0.2) is 50.6 Å². The second-order valence-electron chi connectivity index (χ2n) is 9.30. The smallest absolute Gasteiger partial charge is 0.406 e. The molecule has 2 aromatic heterocycles.